The molecule has 2 amide bonds. The second kappa shape index (κ2) is 7.15. The lowest BCUT2D eigenvalue weighted by atomic mass is 9.85. The third kappa shape index (κ3) is 2.74. The summed E-state index contributed by atoms with van der Waals surface area (Å²) in [5, 5.41) is 0.374. The molecule has 3 heterocycles. The number of halogens is 3. The number of ketones is 1. The van der Waals surface area contributed by atoms with Gasteiger partial charge in [0.15, 0.2) is 5.78 Å². The minimum absolute atomic E-state index is 0.130. The van der Waals surface area contributed by atoms with Crippen LogP contribution in [0, 0.1) is 17.7 Å². The van der Waals surface area contributed by atoms with Crippen LogP contribution in [0.25, 0.3) is 0 Å². The Morgan fingerprint density at radius 1 is 1.00 bits per heavy atom. The summed E-state index contributed by atoms with van der Waals surface area (Å²) in [6.45, 7) is 0.647. The molecule has 3 aliphatic heterocycles. The number of hydrogen-bond acceptors (Lipinski definition) is 4. The molecular formula is C22H17Cl2FN2O3. The predicted molar refractivity (Wildman–Crippen MR) is 110 cm³/mol. The molecule has 8 heteroatoms. The lowest BCUT2D eigenvalue weighted by Gasteiger charge is -2.27. The van der Waals surface area contributed by atoms with Crippen LogP contribution in [0.15, 0.2) is 42.5 Å². The van der Waals surface area contributed by atoms with Crippen LogP contribution in [-0.2, 0) is 9.59 Å². The van der Waals surface area contributed by atoms with Gasteiger partial charge in [0, 0.05) is 11.6 Å². The second-order valence-corrected chi connectivity index (χ2v) is 8.68. The Morgan fingerprint density at radius 3 is 2.43 bits per heavy atom. The molecule has 0 unspecified atom stereocenters. The number of Topliss-reactive ketones (excluding diaryl/α,β-unsaturated/α-hetero) is 1. The number of benzene rings is 2. The highest BCUT2D eigenvalue weighted by molar-refractivity contribution is 6.45. The Morgan fingerprint density at radius 2 is 1.70 bits per heavy atom. The van der Waals surface area contributed by atoms with E-state index >= 15 is 0 Å². The first kappa shape index (κ1) is 19.7. The Balaban J connectivity index is 1.57. The van der Waals surface area contributed by atoms with Gasteiger partial charge >= 0.3 is 0 Å². The summed E-state index contributed by atoms with van der Waals surface area (Å²) in [7, 11) is 0. The van der Waals surface area contributed by atoms with E-state index in [1.54, 1.807) is 18.2 Å². The molecular weight excluding hydrogens is 430 g/mol. The molecule has 2 aromatic carbocycles. The van der Waals surface area contributed by atoms with Gasteiger partial charge in [-0.1, -0.05) is 29.3 Å². The van der Waals surface area contributed by atoms with Gasteiger partial charge in [-0.25, -0.2) is 9.29 Å². The van der Waals surface area contributed by atoms with Crippen LogP contribution in [0.5, 0.6) is 0 Å². The first-order chi connectivity index (χ1) is 14.4. The number of fused-ring (bicyclic) bond motifs is 3. The summed E-state index contributed by atoms with van der Waals surface area (Å²) in [6, 6.07) is 9.14. The fourth-order valence-electron chi connectivity index (χ4n) is 5.20. The fraction of sp³-hybridized carbons (Fsp3) is 0.318. The molecule has 30 heavy (non-hydrogen) atoms. The minimum Gasteiger partial charge on any atom is -0.292 e. The molecule has 0 bridgehead atoms. The van der Waals surface area contributed by atoms with E-state index in [9.17, 15) is 18.8 Å². The molecule has 3 fully saturated rings. The summed E-state index contributed by atoms with van der Waals surface area (Å²) in [6.07, 6.45) is 1.59. The van der Waals surface area contributed by atoms with Gasteiger partial charge in [-0.05, 0) is 55.8 Å². The molecule has 5 nitrogen and oxygen atoms in total. The molecule has 0 aliphatic carbocycles. The van der Waals surface area contributed by atoms with E-state index in [2.05, 4.69) is 0 Å². The number of hydrogen-bond donors (Lipinski definition) is 0. The van der Waals surface area contributed by atoms with E-state index < -0.39 is 29.6 Å². The van der Waals surface area contributed by atoms with Crippen molar-refractivity contribution in [1.82, 2.24) is 4.90 Å². The maximum Gasteiger partial charge on any atom is 0.239 e. The fourth-order valence-corrected chi connectivity index (χ4v) is 5.58. The van der Waals surface area contributed by atoms with Gasteiger partial charge in [0.25, 0.3) is 0 Å². The molecule has 154 valence electrons. The number of nitrogens with zero attached hydrogens (tertiary/aromatic N) is 2. The molecule has 0 spiro atoms. The third-order valence-electron chi connectivity index (χ3n) is 6.42. The molecule has 4 atom stereocenters. The zero-order chi connectivity index (χ0) is 21.2. The molecule has 5 rings (SSSR count). The van der Waals surface area contributed by atoms with Crippen molar-refractivity contribution >= 4 is 46.5 Å². The van der Waals surface area contributed by atoms with Crippen LogP contribution in [-0.4, -0.2) is 41.1 Å². The maximum absolute atomic E-state index is 13.5. The summed E-state index contributed by atoms with van der Waals surface area (Å²) in [5.74, 6) is -2.90. The van der Waals surface area contributed by atoms with Gasteiger partial charge in [0.2, 0.25) is 11.8 Å². The lowest BCUT2D eigenvalue weighted by molar-refractivity contribution is -0.123. The lowest BCUT2D eigenvalue weighted by Crippen LogP contribution is -2.46. The molecule has 3 saturated heterocycles. The number of carbonyl (C=O) groups is 3. The van der Waals surface area contributed by atoms with E-state index in [4.69, 9.17) is 23.2 Å². The van der Waals surface area contributed by atoms with E-state index in [1.165, 1.54) is 24.3 Å². The number of imide groups is 1. The van der Waals surface area contributed by atoms with Crippen molar-refractivity contribution < 1.29 is 18.8 Å². The summed E-state index contributed by atoms with van der Waals surface area (Å²) in [4.78, 5) is 43.3. The van der Waals surface area contributed by atoms with Crippen molar-refractivity contribution in [3.05, 3.63) is 63.9 Å². The number of amides is 2. The van der Waals surface area contributed by atoms with Crippen LogP contribution in [0.2, 0.25) is 10.0 Å². The number of carbonyl (C=O) groups excluding carboxylic acids is 3. The van der Waals surface area contributed by atoms with Gasteiger partial charge in [-0.2, -0.15) is 0 Å². The summed E-state index contributed by atoms with van der Waals surface area (Å²) < 4.78 is 13.3. The van der Waals surface area contributed by atoms with Crippen molar-refractivity contribution in [3.8, 4) is 0 Å². The third-order valence-corrected chi connectivity index (χ3v) is 7.23. The highest BCUT2D eigenvalue weighted by atomic mass is 35.5. The van der Waals surface area contributed by atoms with Crippen LogP contribution < -0.4 is 4.90 Å². The van der Waals surface area contributed by atoms with Gasteiger partial charge in [-0.15, -0.1) is 0 Å². The average molecular weight is 447 g/mol. The molecule has 0 saturated carbocycles. The first-order valence-electron chi connectivity index (χ1n) is 9.77. The molecule has 0 aromatic heterocycles. The van der Waals surface area contributed by atoms with Gasteiger partial charge < -0.3 is 0 Å². The maximum atomic E-state index is 13.5. The zero-order valence-corrected chi connectivity index (χ0v) is 17.2. The van der Waals surface area contributed by atoms with Crippen LogP contribution in [0.3, 0.4) is 0 Å². The van der Waals surface area contributed by atoms with Crippen LogP contribution >= 0.6 is 23.2 Å². The van der Waals surface area contributed by atoms with E-state index in [1.807, 2.05) is 4.90 Å². The van der Waals surface area contributed by atoms with Crippen molar-refractivity contribution in [2.24, 2.45) is 11.8 Å². The normalized spacial score (nSPS) is 28.2. The first-order valence-corrected chi connectivity index (χ1v) is 10.5. The Bertz CT molecular complexity index is 1070. The molecule has 0 N–H and O–H groups in total. The molecule has 3 aliphatic rings. The van der Waals surface area contributed by atoms with E-state index in [0.29, 0.717) is 12.1 Å². The van der Waals surface area contributed by atoms with E-state index in [-0.39, 0.29) is 33.5 Å². The largest absolute Gasteiger partial charge is 0.292 e. The standard InChI is InChI=1S/C22H17Cl2FN2O3/c23-13-3-1-4-15(18(13)24)27-21(29)16-14-5-2-10-26(14)19(17(16)22(27)30)20(28)11-6-8-12(25)9-7-11/h1,3-4,6-9,14,16-17,19H,2,5,10H2/t14-,16+,17-,19+/m1/s1. The van der Waals surface area contributed by atoms with Crippen LogP contribution in [0.1, 0.15) is 23.2 Å². The highest BCUT2D eigenvalue weighted by Gasteiger charge is 2.64. The summed E-state index contributed by atoms with van der Waals surface area (Å²) in [5.41, 5.74) is 0.568. The van der Waals surface area contributed by atoms with Gasteiger partial charge in [-0.3, -0.25) is 19.3 Å². The summed E-state index contributed by atoms with van der Waals surface area (Å²) >= 11 is 12.4. The number of anilines is 1. The second-order valence-electron chi connectivity index (χ2n) is 7.90. The predicted octanol–water partition coefficient (Wildman–Crippen LogP) is 3.97. The molecule has 0 radical (unpaired) electrons. The topological polar surface area (TPSA) is 57.7 Å². The van der Waals surface area contributed by atoms with Crippen molar-refractivity contribution in [3.63, 3.8) is 0 Å². The monoisotopic (exact) mass is 446 g/mol. The Labute approximate surface area is 182 Å². The number of rotatable bonds is 3. The minimum atomic E-state index is -0.796. The quantitative estimate of drug-likeness (QED) is 0.528. The SMILES string of the molecule is O=C(c1ccc(F)cc1)[C@@H]1[C@@H]2C(=O)N(c3cccc(Cl)c3Cl)C(=O)[C@H]2[C@H]2CCCN21. The van der Waals surface area contributed by atoms with Crippen molar-refractivity contribution in [2.45, 2.75) is 24.9 Å². The Kier molecular flexibility index (Phi) is 4.69. The van der Waals surface area contributed by atoms with Crippen LogP contribution in [0.4, 0.5) is 10.1 Å². The van der Waals surface area contributed by atoms with E-state index in [0.717, 1.165) is 17.7 Å². The van der Waals surface area contributed by atoms with Crippen molar-refractivity contribution in [1.29, 1.82) is 0 Å². The van der Waals surface area contributed by atoms with Gasteiger partial charge in [0.1, 0.15) is 5.82 Å². The van der Waals surface area contributed by atoms with Gasteiger partial charge in [0.05, 0.1) is 33.6 Å². The smallest absolute Gasteiger partial charge is 0.239 e. The average Bonchev–Trinajstić information content (AvgIpc) is 3.37. The molecule has 2 aromatic rings. The zero-order valence-electron chi connectivity index (χ0n) is 15.7. The van der Waals surface area contributed by atoms with Crippen molar-refractivity contribution in [2.75, 3.05) is 11.4 Å². The highest BCUT2D eigenvalue weighted by Crippen LogP contribution is 2.49. The Hall–Kier alpha value is -2.28.